The van der Waals surface area contributed by atoms with Crippen LogP contribution in [-0.4, -0.2) is 16.5 Å². The van der Waals surface area contributed by atoms with Gasteiger partial charge in [0.05, 0.1) is 12.6 Å². The Labute approximate surface area is 129 Å². The van der Waals surface area contributed by atoms with Gasteiger partial charge >= 0.3 is 0 Å². The third-order valence-electron chi connectivity index (χ3n) is 3.49. The maximum Gasteiger partial charge on any atom is 0.274 e. The van der Waals surface area contributed by atoms with Gasteiger partial charge < -0.3 is 15.6 Å². The topological polar surface area (TPSA) is 77.1 Å². The summed E-state index contributed by atoms with van der Waals surface area (Å²) in [7, 11) is 0. The number of nitrogens with zero attached hydrogens (tertiary/aromatic N) is 1. The number of nitrogens with two attached hydrogens (primary N) is 1. The molecule has 0 aliphatic heterocycles. The van der Waals surface area contributed by atoms with Gasteiger partial charge in [0, 0.05) is 6.20 Å². The highest BCUT2D eigenvalue weighted by atomic mass is 16.2. The molecule has 1 aromatic heterocycles. The lowest BCUT2D eigenvalue weighted by atomic mass is 10.1. The highest BCUT2D eigenvalue weighted by Crippen LogP contribution is 2.06. The molecule has 22 heavy (non-hydrogen) atoms. The monoisotopic (exact) mass is 299 g/mol. The van der Waals surface area contributed by atoms with Crippen molar-refractivity contribution >= 4 is 11.6 Å². The molecule has 1 atom stereocenters. The summed E-state index contributed by atoms with van der Waals surface area (Å²) in [5.74, 6) is -0.334. The van der Waals surface area contributed by atoms with Crippen LogP contribution < -0.4 is 16.6 Å². The van der Waals surface area contributed by atoms with E-state index >= 15 is 0 Å². The van der Waals surface area contributed by atoms with Crippen molar-refractivity contribution in [1.82, 2.24) is 4.57 Å². The van der Waals surface area contributed by atoms with E-state index in [1.807, 2.05) is 44.2 Å². The van der Waals surface area contributed by atoms with E-state index < -0.39 is 6.04 Å². The first-order valence-electron chi connectivity index (χ1n) is 7.29. The Hall–Kier alpha value is -2.40. The van der Waals surface area contributed by atoms with E-state index in [4.69, 9.17) is 5.73 Å². The van der Waals surface area contributed by atoms with Gasteiger partial charge in [0.25, 0.3) is 5.56 Å². The van der Waals surface area contributed by atoms with Crippen molar-refractivity contribution in [1.29, 1.82) is 0 Å². The molecule has 0 fully saturated rings. The number of hydrogen-bond donors (Lipinski definition) is 2. The first-order chi connectivity index (χ1) is 10.5. The first kappa shape index (κ1) is 16.0. The summed E-state index contributed by atoms with van der Waals surface area (Å²) >= 11 is 0. The van der Waals surface area contributed by atoms with Crippen LogP contribution in [0.15, 0.2) is 53.5 Å². The molecule has 1 amide bonds. The van der Waals surface area contributed by atoms with E-state index in [0.29, 0.717) is 6.54 Å². The summed E-state index contributed by atoms with van der Waals surface area (Å²) < 4.78 is 1.56. The molecular formula is C17H21N3O2. The zero-order chi connectivity index (χ0) is 16.1. The van der Waals surface area contributed by atoms with Gasteiger partial charge in [-0.15, -0.1) is 0 Å². The number of anilines is 1. The van der Waals surface area contributed by atoms with Crippen LogP contribution in [0.3, 0.4) is 0 Å². The second-order valence-corrected chi connectivity index (χ2v) is 5.60. The first-order valence-corrected chi connectivity index (χ1v) is 7.29. The second kappa shape index (κ2) is 7.04. The molecule has 3 N–H and O–H groups in total. The summed E-state index contributed by atoms with van der Waals surface area (Å²) in [6, 6.07) is 12.4. The fourth-order valence-corrected chi connectivity index (χ4v) is 2.06. The summed E-state index contributed by atoms with van der Waals surface area (Å²) in [4.78, 5) is 24.4. The van der Waals surface area contributed by atoms with Gasteiger partial charge in [-0.05, 0) is 23.6 Å². The van der Waals surface area contributed by atoms with Gasteiger partial charge in [-0.3, -0.25) is 9.59 Å². The number of amides is 1. The molecule has 5 heteroatoms. The lowest BCUT2D eigenvalue weighted by Crippen LogP contribution is -2.41. The number of aromatic nitrogens is 1. The molecule has 116 valence electrons. The van der Waals surface area contributed by atoms with Crippen LogP contribution in [0.2, 0.25) is 0 Å². The molecule has 1 heterocycles. The van der Waals surface area contributed by atoms with Crippen LogP contribution in [0.5, 0.6) is 0 Å². The number of pyridine rings is 1. The smallest absolute Gasteiger partial charge is 0.274 e. The van der Waals surface area contributed by atoms with Crippen molar-refractivity contribution in [2.45, 2.75) is 26.4 Å². The molecule has 5 nitrogen and oxygen atoms in total. The number of carbonyl (C=O) groups is 1. The van der Waals surface area contributed by atoms with Crippen LogP contribution in [0.25, 0.3) is 0 Å². The molecule has 0 unspecified atom stereocenters. The van der Waals surface area contributed by atoms with Crippen molar-refractivity contribution in [3.8, 4) is 0 Å². The largest absolute Gasteiger partial charge is 0.320 e. The third-order valence-corrected chi connectivity index (χ3v) is 3.49. The summed E-state index contributed by atoms with van der Waals surface area (Å²) in [5.41, 5.74) is 6.83. The minimum Gasteiger partial charge on any atom is -0.320 e. The van der Waals surface area contributed by atoms with E-state index in [0.717, 1.165) is 5.56 Å². The Morgan fingerprint density at radius 1 is 1.18 bits per heavy atom. The van der Waals surface area contributed by atoms with Gasteiger partial charge in [-0.2, -0.15) is 0 Å². The normalized spacial score (nSPS) is 12.2. The number of nitrogens with one attached hydrogen (secondary N) is 1. The zero-order valence-corrected chi connectivity index (χ0v) is 12.8. The summed E-state index contributed by atoms with van der Waals surface area (Å²) in [6.07, 6.45) is 1.70. The Balaban J connectivity index is 2.19. The van der Waals surface area contributed by atoms with Gasteiger partial charge in [0.15, 0.2) is 0 Å². The predicted molar refractivity (Wildman–Crippen MR) is 87.7 cm³/mol. The molecule has 0 saturated carbocycles. The SMILES string of the molecule is CC(C)[C@H](N)C(=O)Nc1cccn(Cc2ccccc2)c1=O. The molecule has 0 radical (unpaired) electrons. The van der Waals surface area contributed by atoms with Crippen LogP contribution in [0, 0.1) is 5.92 Å². The Kier molecular flexibility index (Phi) is 5.12. The molecule has 0 aliphatic carbocycles. The molecule has 0 bridgehead atoms. The molecule has 0 spiro atoms. The lowest BCUT2D eigenvalue weighted by Gasteiger charge is -2.15. The molecule has 2 rings (SSSR count). The maximum absolute atomic E-state index is 12.4. The Bertz CT molecular complexity index is 693. The highest BCUT2D eigenvalue weighted by Gasteiger charge is 2.18. The number of rotatable bonds is 5. The summed E-state index contributed by atoms with van der Waals surface area (Å²) in [5, 5.41) is 2.62. The average molecular weight is 299 g/mol. The summed E-state index contributed by atoms with van der Waals surface area (Å²) in [6.45, 7) is 4.19. The van der Waals surface area contributed by atoms with Gasteiger partial charge in [-0.1, -0.05) is 44.2 Å². The number of carbonyl (C=O) groups excluding carboxylic acids is 1. The van der Waals surface area contributed by atoms with Gasteiger partial charge in [0.2, 0.25) is 5.91 Å². The van der Waals surface area contributed by atoms with Crippen LogP contribution >= 0.6 is 0 Å². The molecular weight excluding hydrogens is 278 g/mol. The van der Waals surface area contributed by atoms with Crippen molar-refractivity contribution < 1.29 is 4.79 Å². The molecule has 0 aliphatic rings. The van der Waals surface area contributed by atoms with E-state index in [1.54, 1.807) is 22.9 Å². The molecule has 2 aromatic rings. The molecule has 0 saturated heterocycles. The average Bonchev–Trinajstić information content (AvgIpc) is 2.51. The van der Waals surface area contributed by atoms with Gasteiger partial charge in [0.1, 0.15) is 5.69 Å². The Morgan fingerprint density at radius 3 is 2.50 bits per heavy atom. The van der Waals surface area contributed by atoms with Crippen LogP contribution in [0.4, 0.5) is 5.69 Å². The fourth-order valence-electron chi connectivity index (χ4n) is 2.06. The van der Waals surface area contributed by atoms with E-state index in [-0.39, 0.29) is 23.1 Å². The van der Waals surface area contributed by atoms with Crippen molar-refractivity contribution in [2.75, 3.05) is 5.32 Å². The second-order valence-electron chi connectivity index (χ2n) is 5.60. The maximum atomic E-state index is 12.4. The zero-order valence-electron chi connectivity index (χ0n) is 12.8. The minimum atomic E-state index is -0.637. The van der Waals surface area contributed by atoms with E-state index in [2.05, 4.69) is 5.32 Å². The lowest BCUT2D eigenvalue weighted by molar-refractivity contribution is -0.118. The number of benzene rings is 1. The Morgan fingerprint density at radius 2 is 1.86 bits per heavy atom. The van der Waals surface area contributed by atoms with Crippen molar-refractivity contribution in [3.05, 3.63) is 64.6 Å². The van der Waals surface area contributed by atoms with Crippen molar-refractivity contribution in [2.24, 2.45) is 11.7 Å². The van der Waals surface area contributed by atoms with E-state index in [1.165, 1.54) is 0 Å². The third kappa shape index (κ3) is 3.83. The van der Waals surface area contributed by atoms with Gasteiger partial charge in [-0.25, -0.2) is 0 Å². The quantitative estimate of drug-likeness (QED) is 0.884. The standard InChI is InChI=1S/C17H21N3O2/c1-12(2)15(18)16(21)19-14-9-6-10-20(17(14)22)11-13-7-4-3-5-8-13/h3-10,12,15H,11,18H2,1-2H3,(H,19,21)/t15-/m0/s1. The van der Waals surface area contributed by atoms with Crippen LogP contribution in [0.1, 0.15) is 19.4 Å². The van der Waals surface area contributed by atoms with Crippen molar-refractivity contribution in [3.63, 3.8) is 0 Å². The molecule has 1 aromatic carbocycles. The number of hydrogen-bond acceptors (Lipinski definition) is 3. The fraction of sp³-hybridized carbons (Fsp3) is 0.294. The predicted octanol–water partition coefficient (Wildman–Crippen LogP) is 1.82. The highest BCUT2D eigenvalue weighted by molar-refractivity contribution is 5.94. The van der Waals surface area contributed by atoms with Crippen LogP contribution in [-0.2, 0) is 11.3 Å². The van der Waals surface area contributed by atoms with E-state index in [9.17, 15) is 9.59 Å². The minimum absolute atomic E-state index is 0.00950.